The molecule has 0 aromatic rings. The molecule has 19 heavy (non-hydrogen) atoms. The van der Waals surface area contributed by atoms with E-state index in [4.69, 9.17) is 0 Å². The van der Waals surface area contributed by atoms with Gasteiger partial charge in [0, 0.05) is 5.57 Å². The number of alkyl halides is 4. The fourth-order valence-corrected chi connectivity index (χ4v) is 1.64. The Hall–Kier alpha value is -1.84. The monoisotopic (exact) mass is 270 g/mol. The first-order valence-corrected chi connectivity index (χ1v) is 5.48. The first kappa shape index (κ1) is 15.2. The summed E-state index contributed by atoms with van der Waals surface area (Å²) in [4.78, 5) is 0. The van der Waals surface area contributed by atoms with Crippen LogP contribution in [0.1, 0.15) is 6.92 Å². The molecule has 0 aliphatic heterocycles. The van der Waals surface area contributed by atoms with Gasteiger partial charge in [0.15, 0.2) is 0 Å². The minimum Gasteiger partial charge on any atom is -0.195 e. The van der Waals surface area contributed by atoms with Crippen LogP contribution in [0.15, 0.2) is 72.4 Å². The van der Waals surface area contributed by atoms with E-state index in [1.165, 1.54) is 25.2 Å². The van der Waals surface area contributed by atoms with Crippen molar-refractivity contribution >= 4 is 0 Å². The number of hydrogen-bond acceptors (Lipinski definition) is 0. The van der Waals surface area contributed by atoms with Crippen LogP contribution >= 0.6 is 0 Å². The SMILES string of the molecule is C=C/C=C\C1=CC(F)(F)C(F)(F)/C(=C/C(=C)C)C1=C. The van der Waals surface area contributed by atoms with E-state index in [1.54, 1.807) is 0 Å². The van der Waals surface area contributed by atoms with Gasteiger partial charge in [0.25, 0.3) is 0 Å². The van der Waals surface area contributed by atoms with Gasteiger partial charge in [-0.3, -0.25) is 0 Å². The molecule has 0 spiro atoms. The summed E-state index contributed by atoms with van der Waals surface area (Å²) in [5, 5.41) is 0. The van der Waals surface area contributed by atoms with Crippen LogP contribution in [0.2, 0.25) is 0 Å². The molecule has 0 radical (unpaired) electrons. The maximum atomic E-state index is 13.7. The highest BCUT2D eigenvalue weighted by molar-refractivity contribution is 5.59. The van der Waals surface area contributed by atoms with Gasteiger partial charge in [-0.05, 0) is 30.2 Å². The van der Waals surface area contributed by atoms with Crippen molar-refractivity contribution in [2.24, 2.45) is 0 Å². The van der Waals surface area contributed by atoms with Gasteiger partial charge < -0.3 is 0 Å². The van der Waals surface area contributed by atoms with E-state index in [9.17, 15) is 17.6 Å². The van der Waals surface area contributed by atoms with E-state index in [0.29, 0.717) is 0 Å². The number of allylic oxidation sites excluding steroid dienone is 9. The zero-order valence-corrected chi connectivity index (χ0v) is 10.5. The van der Waals surface area contributed by atoms with E-state index in [1.807, 2.05) is 0 Å². The Labute approximate surface area is 109 Å². The van der Waals surface area contributed by atoms with Crippen molar-refractivity contribution in [3.63, 3.8) is 0 Å². The second-order valence-electron chi connectivity index (χ2n) is 4.27. The van der Waals surface area contributed by atoms with Crippen LogP contribution in [0, 0.1) is 0 Å². The van der Waals surface area contributed by atoms with Gasteiger partial charge in [-0.1, -0.05) is 43.5 Å². The molecule has 1 rings (SSSR count). The molecule has 0 saturated carbocycles. The van der Waals surface area contributed by atoms with Crippen molar-refractivity contribution in [3.8, 4) is 0 Å². The third kappa shape index (κ3) is 2.78. The second-order valence-corrected chi connectivity index (χ2v) is 4.27. The highest BCUT2D eigenvalue weighted by atomic mass is 19.3. The summed E-state index contributed by atoms with van der Waals surface area (Å²) in [6, 6.07) is 0. The lowest BCUT2D eigenvalue weighted by Crippen LogP contribution is -2.44. The summed E-state index contributed by atoms with van der Waals surface area (Å²) in [6.45, 7) is 11.7. The Morgan fingerprint density at radius 3 is 2.32 bits per heavy atom. The standard InChI is InChI=1S/C15H14F4/c1-5-6-7-12-9-14(16,17)15(18,19)13(11(12)4)8-10(2)3/h5-9H,1-2,4H2,3H3/b7-6-,13-8+. The van der Waals surface area contributed by atoms with E-state index >= 15 is 0 Å². The van der Waals surface area contributed by atoms with E-state index in [0.717, 1.165) is 6.08 Å². The molecule has 102 valence electrons. The average molecular weight is 270 g/mol. The van der Waals surface area contributed by atoms with Gasteiger partial charge in [0.1, 0.15) is 0 Å². The Balaban J connectivity index is 3.48. The van der Waals surface area contributed by atoms with Crippen LogP contribution in [0.4, 0.5) is 17.6 Å². The molecular formula is C15H14F4. The van der Waals surface area contributed by atoms with Crippen LogP contribution in [-0.4, -0.2) is 11.8 Å². The maximum Gasteiger partial charge on any atom is 0.339 e. The Morgan fingerprint density at radius 1 is 1.26 bits per heavy atom. The lowest BCUT2D eigenvalue weighted by atomic mass is 9.83. The Bertz CT molecular complexity index is 516. The molecule has 0 bridgehead atoms. The van der Waals surface area contributed by atoms with Crippen molar-refractivity contribution in [2.75, 3.05) is 0 Å². The molecule has 0 atom stereocenters. The largest absolute Gasteiger partial charge is 0.339 e. The number of hydrogen-bond donors (Lipinski definition) is 0. The fraction of sp³-hybridized carbons (Fsp3) is 0.200. The Kier molecular flexibility index (Phi) is 4.03. The predicted molar refractivity (Wildman–Crippen MR) is 69.4 cm³/mol. The summed E-state index contributed by atoms with van der Waals surface area (Å²) in [6.07, 6.45) is 5.18. The lowest BCUT2D eigenvalue weighted by Gasteiger charge is -2.33. The Morgan fingerprint density at radius 2 is 1.84 bits per heavy atom. The highest BCUT2D eigenvalue weighted by Gasteiger charge is 2.60. The first-order chi connectivity index (χ1) is 8.63. The number of rotatable bonds is 3. The molecule has 4 heteroatoms. The van der Waals surface area contributed by atoms with E-state index in [-0.39, 0.29) is 22.8 Å². The van der Waals surface area contributed by atoms with Gasteiger partial charge in [0.2, 0.25) is 0 Å². The molecule has 0 aromatic heterocycles. The zero-order valence-electron chi connectivity index (χ0n) is 10.5. The minimum atomic E-state index is -4.30. The molecule has 0 saturated heterocycles. The molecule has 0 nitrogen and oxygen atoms in total. The molecule has 0 amide bonds. The third-order valence-corrected chi connectivity index (χ3v) is 2.57. The highest BCUT2D eigenvalue weighted by Crippen LogP contribution is 2.49. The van der Waals surface area contributed by atoms with Crippen molar-refractivity contribution in [1.82, 2.24) is 0 Å². The topological polar surface area (TPSA) is 0 Å². The summed E-state index contributed by atoms with van der Waals surface area (Å²) >= 11 is 0. The average Bonchev–Trinajstić information content (AvgIpc) is 2.28. The van der Waals surface area contributed by atoms with Crippen molar-refractivity contribution in [2.45, 2.75) is 18.8 Å². The second kappa shape index (κ2) is 5.03. The smallest absolute Gasteiger partial charge is 0.195 e. The van der Waals surface area contributed by atoms with Gasteiger partial charge in [-0.25, -0.2) is 0 Å². The van der Waals surface area contributed by atoms with Crippen LogP contribution < -0.4 is 0 Å². The van der Waals surface area contributed by atoms with Gasteiger partial charge in [-0.15, -0.1) is 0 Å². The molecule has 1 aliphatic carbocycles. The van der Waals surface area contributed by atoms with Gasteiger partial charge >= 0.3 is 11.8 Å². The van der Waals surface area contributed by atoms with E-state index < -0.39 is 17.4 Å². The van der Waals surface area contributed by atoms with Crippen molar-refractivity contribution in [3.05, 3.63) is 72.4 Å². The zero-order chi connectivity index (χ0) is 14.8. The van der Waals surface area contributed by atoms with Gasteiger partial charge in [-0.2, -0.15) is 17.6 Å². The molecule has 0 unspecified atom stereocenters. The fourth-order valence-electron chi connectivity index (χ4n) is 1.64. The summed E-state index contributed by atoms with van der Waals surface area (Å²) in [7, 11) is 0. The number of halogens is 4. The van der Waals surface area contributed by atoms with Crippen molar-refractivity contribution < 1.29 is 17.6 Å². The normalized spacial score (nSPS) is 23.5. The minimum absolute atomic E-state index is 0.0525. The molecule has 1 aliphatic rings. The lowest BCUT2D eigenvalue weighted by molar-refractivity contribution is -0.155. The van der Waals surface area contributed by atoms with Crippen LogP contribution in [0.3, 0.4) is 0 Å². The molecule has 0 fully saturated rings. The third-order valence-electron chi connectivity index (χ3n) is 2.57. The van der Waals surface area contributed by atoms with Crippen molar-refractivity contribution in [1.29, 1.82) is 0 Å². The molecule has 0 heterocycles. The summed E-state index contributed by atoms with van der Waals surface area (Å²) in [5.74, 6) is -8.56. The summed E-state index contributed by atoms with van der Waals surface area (Å²) < 4.78 is 54.6. The quantitative estimate of drug-likeness (QED) is 0.500. The van der Waals surface area contributed by atoms with Gasteiger partial charge in [0.05, 0.1) is 0 Å². The van der Waals surface area contributed by atoms with Crippen LogP contribution in [0.5, 0.6) is 0 Å². The maximum absolute atomic E-state index is 13.7. The molecule has 0 aromatic carbocycles. The van der Waals surface area contributed by atoms with Crippen LogP contribution in [-0.2, 0) is 0 Å². The first-order valence-electron chi connectivity index (χ1n) is 5.48. The summed E-state index contributed by atoms with van der Waals surface area (Å²) in [5.41, 5.74) is -0.753. The molecule has 0 N–H and O–H groups in total. The molecular weight excluding hydrogens is 256 g/mol. The van der Waals surface area contributed by atoms with E-state index in [2.05, 4.69) is 19.7 Å². The van der Waals surface area contributed by atoms with Crippen LogP contribution in [0.25, 0.3) is 0 Å². The predicted octanol–water partition coefficient (Wildman–Crippen LogP) is 5.00.